The zero-order valence-electron chi connectivity index (χ0n) is 21.0. The number of anilines is 4. The number of halogens is 3. The first-order chi connectivity index (χ1) is 19.9. The molecule has 0 unspecified atom stereocenters. The van der Waals surface area contributed by atoms with Crippen LogP contribution in [-0.2, 0) is 16.2 Å². The number of hydrogen-bond donors (Lipinski definition) is 4. The lowest BCUT2D eigenvalue weighted by Gasteiger charge is -2.06. The van der Waals surface area contributed by atoms with E-state index in [4.69, 9.17) is 17.2 Å². The van der Waals surface area contributed by atoms with Gasteiger partial charge >= 0.3 is 6.18 Å². The minimum atomic E-state index is -4.49. The lowest BCUT2D eigenvalue weighted by Crippen LogP contribution is -2.14. The first-order valence-corrected chi connectivity index (χ1v) is 13.0. The smallest absolute Gasteiger partial charge is 0.382 e. The van der Waals surface area contributed by atoms with Gasteiger partial charge in [-0.1, -0.05) is 0 Å². The maximum atomic E-state index is 12.8. The van der Waals surface area contributed by atoms with Gasteiger partial charge in [-0.3, -0.25) is 0 Å². The molecule has 0 aliphatic heterocycles. The molecule has 0 fully saturated rings. The second kappa shape index (κ2) is 10.7. The Bertz CT molecular complexity index is 1930. The summed E-state index contributed by atoms with van der Waals surface area (Å²) in [5.74, 6) is -0.487. The molecule has 2 aromatic carbocycles. The molecule has 42 heavy (non-hydrogen) atoms. The van der Waals surface area contributed by atoms with E-state index < -0.39 is 21.8 Å². The molecule has 5 aromatic rings. The largest absolute Gasteiger partial charge is 0.416 e. The molecule has 0 aliphatic carbocycles. The Labute approximate surface area is 234 Å². The summed E-state index contributed by atoms with van der Waals surface area (Å²) in [6.45, 7) is 0. The van der Waals surface area contributed by atoms with Gasteiger partial charge in [0.1, 0.15) is 0 Å². The Morgan fingerprint density at radius 1 is 0.786 bits per heavy atom. The first kappa shape index (κ1) is 27.8. The molecule has 0 spiro atoms. The molecule has 0 atom stereocenters. The minimum absolute atomic E-state index is 0.0153. The van der Waals surface area contributed by atoms with Gasteiger partial charge in [-0.15, -0.1) is 15.3 Å². The number of rotatable bonds is 7. The summed E-state index contributed by atoms with van der Waals surface area (Å²) >= 11 is 0. The number of nitrogens with zero attached hydrogens (tertiary/aromatic N) is 9. The number of aromatic nitrogens is 5. The van der Waals surface area contributed by atoms with E-state index in [1.54, 1.807) is 6.07 Å². The molecular weight excluding hydrogens is 579 g/mol. The van der Waals surface area contributed by atoms with Crippen molar-refractivity contribution in [2.45, 2.75) is 11.1 Å². The fourth-order valence-electron chi connectivity index (χ4n) is 3.44. The van der Waals surface area contributed by atoms with Crippen molar-refractivity contribution in [3.8, 4) is 0 Å². The normalized spacial score (nSPS) is 12.5. The van der Waals surface area contributed by atoms with Gasteiger partial charge in [0.15, 0.2) is 34.5 Å². The molecule has 3 aromatic heterocycles. The van der Waals surface area contributed by atoms with Crippen LogP contribution in [0.5, 0.6) is 0 Å². The highest BCUT2D eigenvalue weighted by atomic mass is 32.2. The number of nitrogen functional groups attached to an aromatic ring is 3. The van der Waals surface area contributed by atoms with Crippen LogP contribution in [0.3, 0.4) is 0 Å². The highest BCUT2D eigenvalue weighted by Crippen LogP contribution is 2.37. The van der Waals surface area contributed by atoms with Gasteiger partial charge in [0.25, 0.3) is 10.0 Å². The number of fused-ring (bicyclic) bond motifs is 1. The van der Waals surface area contributed by atoms with Crippen LogP contribution in [0.2, 0.25) is 0 Å². The quantitative estimate of drug-likeness (QED) is 0.186. The Balaban J connectivity index is 1.37. The third-order valence-electron chi connectivity index (χ3n) is 5.47. The van der Waals surface area contributed by atoms with Gasteiger partial charge in [0, 0.05) is 12.4 Å². The van der Waals surface area contributed by atoms with Crippen LogP contribution in [0.4, 0.5) is 59.3 Å². The summed E-state index contributed by atoms with van der Waals surface area (Å²) in [5.41, 5.74) is 17.6. The first-order valence-electron chi connectivity index (χ1n) is 11.6. The third kappa shape index (κ3) is 5.75. The Kier molecular flexibility index (Phi) is 7.08. The summed E-state index contributed by atoms with van der Waals surface area (Å²) in [6.07, 6.45) is -1.70. The van der Waals surface area contributed by atoms with Crippen molar-refractivity contribution in [3.63, 3.8) is 0 Å². The van der Waals surface area contributed by atoms with Gasteiger partial charge in [-0.05, 0) is 54.6 Å². The summed E-state index contributed by atoms with van der Waals surface area (Å²) in [4.78, 5) is 11.8. The van der Waals surface area contributed by atoms with Crippen LogP contribution >= 0.6 is 0 Å². The van der Waals surface area contributed by atoms with Crippen molar-refractivity contribution >= 4 is 61.8 Å². The number of nitrogens with one attached hydrogen (secondary N) is 1. The predicted octanol–water partition coefficient (Wildman–Crippen LogP) is 4.92. The van der Waals surface area contributed by atoms with Gasteiger partial charge in [-0.2, -0.15) is 27.9 Å². The van der Waals surface area contributed by atoms with Crippen molar-refractivity contribution in [2.24, 2.45) is 20.5 Å². The molecule has 0 radical (unpaired) electrons. The lowest BCUT2D eigenvalue weighted by atomic mass is 10.2. The van der Waals surface area contributed by atoms with Crippen molar-refractivity contribution in [3.05, 3.63) is 72.6 Å². The van der Waals surface area contributed by atoms with Crippen molar-refractivity contribution in [2.75, 3.05) is 21.9 Å². The standard InChI is InChI=1S/C23H18F3N13O2S/c24-23(25,26)12-2-4-13(5-3-12)34-36-17-19(28)37-39-20(29)16(18(27)32-21(17)39)35-33-14-6-8-15(9-7-14)42(40,41)38-22-30-10-1-11-31-22/h1-11H,29H2,(H2,27,32)(H2,28,37)(H,30,31,38). The minimum Gasteiger partial charge on any atom is -0.382 e. The van der Waals surface area contributed by atoms with Crippen molar-refractivity contribution in [1.82, 2.24) is 24.6 Å². The Morgan fingerprint density at radius 3 is 1.95 bits per heavy atom. The number of alkyl halides is 3. The van der Waals surface area contributed by atoms with Gasteiger partial charge in [-0.25, -0.2) is 28.1 Å². The number of benzene rings is 2. The van der Waals surface area contributed by atoms with E-state index in [0.717, 1.165) is 28.8 Å². The zero-order valence-corrected chi connectivity index (χ0v) is 21.8. The summed E-state index contributed by atoms with van der Waals surface area (Å²) in [5, 5.41) is 20.0. The highest BCUT2D eigenvalue weighted by molar-refractivity contribution is 7.92. The second-order valence-corrected chi connectivity index (χ2v) is 10.00. The van der Waals surface area contributed by atoms with Crippen LogP contribution in [0.1, 0.15) is 5.56 Å². The predicted molar refractivity (Wildman–Crippen MR) is 145 cm³/mol. The Morgan fingerprint density at radius 2 is 1.36 bits per heavy atom. The number of nitrogens with two attached hydrogens (primary N) is 3. The van der Waals surface area contributed by atoms with Crippen LogP contribution in [0, 0.1) is 0 Å². The molecule has 15 nitrogen and oxygen atoms in total. The fourth-order valence-corrected chi connectivity index (χ4v) is 4.40. The summed E-state index contributed by atoms with van der Waals surface area (Å²) in [6, 6.07) is 10.9. The van der Waals surface area contributed by atoms with E-state index in [9.17, 15) is 21.6 Å². The van der Waals surface area contributed by atoms with Crippen LogP contribution in [0.15, 0.2) is 92.3 Å². The fraction of sp³-hybridized carbons (Fsp3) is 0.0435. The maximum absolute atomic E-state index is 12.8. The molecule has 0 aliphatic rings. The van der Waals surface area contributed by atoms with E-state index in [2.05, 4.69) is 45.2 Å². The van der Waals surface area contributed by atoms with E-state index in [0.29, 0.717) is 0 Å². The van der Waals surface area contributed by atoms with E-state index in [-0.39, 0.29) is 56.7 Å². The molecule has 0 amide bonds. The summed E-state index contributed by atoms with van der Waals surface area (Å²) in [7, 11) is -3.95. The monoisotopic (exact) mass is 597 g/mol. The molecule has 7 N–H and O–H groups in total. The highest BCUT2D eigenvalue weighted by Gasteiger charge is 2.30. The summed E-state index contributed by atoms with van der Waals surface area (Å²) < 4.78 is 66.8. The third-order valence-corrected chi connectivity index (χ3v) is 6.81. The average molecular weight is 598 g/mol. The topological polar surface area (TPSA) is 230 Å². The molecule has 0 saturated heterocycles. The average Bonchev–Trinajstić information content (AvgIpc) is 3.27. The van der Waals surface area contributed by atoms with Gasteiger partial charge in [0.2, 0.25) is 5.95 Å². The van der Waals surface area contributed by atoms with Gasteiger partial charge < -0.3 is 17.2 Å². The zero-order chi connectivity index (χ0) is 30.1. The molecule has 0 bridgehead atoms. The second-order valence-electron chi connectivity index (χ2n) is 8.32. The Hall–Kier alpha value is -5.72. The van der Waals surface area contributed by atoms with E-state index in [1.807, 2.05) is 0 Å². The molecule has 5 rings (SSSR count). The molecular formula is C23H18F3N13O2S. The lowest BCUT2D eigenvalue weighted by molar-refractivity contribution is -0.137. The van der Waals surface area contributed by atoms with Crippen molar-refractivity contribution in [1.29, 1.82) is 0 Å². The molecule has 3 heterocycles. The number of azo groups is 2. The molecule has 19 heteroatoms. The van der Waals surface area contributed by atoms with E-state index >= 15 is 0 Å². The molecule has 0 saturated carbocycles. The van der Waals surface area contributed by atoms with Crippen LogP contribution in [-0.4, -0.2) is 33.0 Å². The van der Waals surface area contributed by atoms with Crippen molar-refractivity contribution < 1.29 is 21.6 Å². The van der Waals surface area contributed by atoms with Gasteiger partial charge in [0.05, 0.1) is 21.8 Å². The van der Waals surface area contributed by atoms with Crippen LogP contribution < -0.4 is 21.9 Å². The molecule has 214 valence electrons. The maximum Gasteiger partial charge on any atom is 0.416 e. The van der Waals surface area contributed by atoms with E-state index in [1.165, 1.54) is 36.7 Å². The van der Waals surface area contributed by atoms with Crippen LogP contribution in [0.25, 0.3) is 5.65 Å². The number of hydrogen-bond acceptors (Lipinski definition) is 13. The number of sulfonamides is 1. The SMILES string of the molecule is Nc1nc2c(N=Nc3ccc(C(F)(F)F)cc3)c(N)nn2c(N)c1N=Nc1ccc(S(=O)(=O)Nc2ncccn2)cc1.